The van der Waals surface area contributed by atoms with Crippen molar-refractivity contribution in [2.75, 3.05) is 6.54 Å². The van der Waals surface area contributed by atoms with E-state index in [9.17, 15) is 8.42 Å². The Labute approximate surface area is 255 Å². The molecular formula is C32H34ClN2O2RuS. The number of halogens is 1. The second kappa shape index (κ2) is 16.6. The van der Waals surface area contributed by atoms with Crippen molar-refractivity contribution in [1.82, 2.24) is 0 Å². The maximum Gasteiger partial charge on any atom is 3.00 e. The number of hydrogen-bond acceptors (Lipinski definition) is 2. The van der Waals surface area contributed by atoms with Crippen molar-refractivity contribution in [1.29, 1.82) is 0 Å². The third kappa shape index (κ3) is 10.1. The van der Waals surface area contributed by atoms with Crippen molar-refractivity contribution >= 4 is 10.0 Å². The van der Waals surface area contributed by atoms with E-state index in [4.69, 9.17) is 5.32 Å². The van der Waals surface area contributed by atoms with Crippen LogP contribution in [0.4, 0.5) is 0 Å². The van der Waals surface area contributed by atoms with E-state index in [2.05, 4.69) is 37.3 Å². The average molecular weight is 647 g/mol. The molecule has 0 unspecified atom stereocenters. The van der Waals surface area contributed by atoms with Crippen molar-refractivity contribution in [3.8, 4) is 0 Å². The summed E-state index contributed by atoms with van der Waals surface area (Å²) < 4.78 is 31.3. The molecule has 2 atom stereocenters. The number of benzene rings is 3. The van der Waals surface area contributed by atoms with Gasteiger partial charge in [0.15, 0.2) is 0 Å². The number of sulfonamides is 1. The number of unbranched alkanes of at least 4 members (excludes halogenated alkanes) is 1. The van der Waals surface area contributed by atoms with Crippen LogP contribution in [-0.2, 0) is 29.5 Å². The summed E-state index contributed by atoms with van der Waals surface area (Å²) in [6.45, 7) is 4.66. The number of rotatable bonds is 12. The van der Waals surface area contributed by atoms with Crippen molar-refractivity contribution in [2.45, 2.75) is 50.1 Å². The van der Waals surface area contributed by atoms with Crippen LogP contribution in [0.1, 0.15) is 55.0 Å². The van der Waals surface area contributed by atoms with E-state index >= 15 is 0 Å². The van der Waals surface area contributed by atoms with Gasteiger partial charge in [-0.05, 0) is 63.0 Å². The molecule has 0 heterocycles. The summed E-state index contributed by atoms with van der Waals surface area (Å²) in [7, 11) is -3.89. The number of aryl methyl sites for hydroxylation is 1. The van der Waals surface area contributed by atoms with Crippen LogP contribution in [0.3, 0.4) is 0 Å². The first-order valence-electron chi connectivity index (χ1n) is 12.8. The SMILES string of the molecule is C[C]1[CH][CH][C](CCCC[N-][C@H](c2ccccc2)[C@H]([N-]S(=O)(=O)c2ccc(C)cc2)c2ccccc2)[CH][CH]1.[Cl-].[Ru+3]. The van der Waals surface area contributed by atoms with Gasteiger partial charge in [-0.2, -0.15) is 0 Å². The van der Waals surface area contributed by atoms with Crippen LogP contribution in [0.2, 0.25) is 0 Å². The van der Waals surface area contributed by atoms with Gasteiger partial charge in [-0.1, -0.05) is 109 Å². The van der Waals surface area contributed by atoms with Crippen molar-refractivity contribution in [3.63, 3.8) is 0 Å². The molecule has 4 rings (SSSR count). The van der Waals surface area contributed by atoms with Gasteiger partial charge in [-0.3, -0.25) is 0 Å². The van der Waals surface area contributed by atoms with E-state index in [1.165, 1.54) is 11.8 Å². The Morgan fingerprint density at radius 1 is 0.692 bits per heavy atom. The number of nitrogens with zero attached hydrogens (tertiary/aromatic N) is 2. The quantitative estimate of drug-likeness (QED) is 0.204. The molecule has 3 aromatic rings. The molecule has 0 spiro atoms. The fourth-order valence-corrected chi connectivity index (χ4v) is 5.47. The summed E-state index contributed by atoms with van der Waals surface area (Å²) in [6, 6.07) is 25.3. The van der Waals surface area contributed by atoms with Gasteiger partial charge < -0.3 is 22.4 Å². The Hall–Kier alpha value is -1.56. The molecule has 1 aliphatic carbocycles. The standard InChI is InChI=1S/C32H34N2O2S.ClH.Ru/c1-25-16-20-27(21-17-25)11-9-10-24-33-31(28-12-5-3-6-13-28)32(29-14-7-4-8-15-29)34-37(35,36)30-22-18-26(2)19-23-30;;/h3-8,12-23,31-32H,9-11,24H2,1-2H3;1H;/q-2;;+3/p-1/t31-,32-;;/m1../s1. The van der Waals surface area contributed by atoms with Gasteiger partial charge in [0.05, 0.1) is 0 Å². The van der Waals surface area contributed by atoms with E-state index in [-0.39, 0.29) is 36.8 Å². The fraction of sp³-hybridized carbons (Fsp3) is 0.250. The third-order valence-corrected chi connectivity index (χ3v) is 7.84. The summed E-state index contributed by atoms with van der Waals surface area (Å²) in [5.74, 6) is 2.59. The molecule has 7 heteroatoms. The Morgan fingerprint density at radius 2 is 1.23 bits per heavy atom. The normalized spacial score (nSPS) is 16.1. The van der Waals surface area contributed by atoms with E-state index in [1.807, 2.05) is 67.6 Å². The minimum absolute atomic E-state index is 0. The van der Waals surface area contributed by atoms with Crippen molar-refractivity contribution in [2.24, 2.45) is 0 Å². The summed E-state index contributed by atoms with van der Waals surface area (Å²) in [4.78, 5) is 0.198. The topological polar surface area (TPSA) is 62.3 Å². The largest absolute Gasteiger partial charge is 3.00 e. The van der Waals surface area contributed by atoms with Crippen LogP contribution in [0.15, 0.2) is 89.8 Å². The molecule has 0 aliphatic heterocycles. The molecule has 0 amide bonds. The van der Waals surface area contributed by atoms with Crippen LogP contribution in [0.5, 0.6) is 0 Å². The predicted octanol–water partition coefficient (Wildman–Crippen LogP) is 5.09. The maximum atomic E-state index is 13.4. The van der Waals surface area contributed by atoms with E-state index in [0.29, 0.717) is 6.54 Å². The van der Waals surface area contributed by atoms with Gasteiger partial charge >= 0.3 is 19.5 Å². The Morgan fingerprint density at radius 3 is 1.79 bits per heavy atom. The van der Waals surface area contributed by atoms with Crippen LogP contribution in [0.25, 0.3) is 10.0 Å². The molecule has 4 nitrogen and oxygen atoms in total. The molecule has 0 N–H and O–H groups in total. The number of hydrogen-bond donors (Lipinski definition) is 0. The summed E-state index contributed by atoms with van der Waals surface area (Å²) >= 11 is 0. The smallest absolute Gasteiger partial charge is 1.00 e. The minimum atomic E-state index is -3.89. The predicted molar refractivity (Wildman–Crippen MR) is 152 cm³/mol. The molecule has 0 saturated heterocycles. The average Bonchev–Trinajstić information content (AvgIpc) is 2.92. The zero-order chi connectivity index (χ0) is 26.1. The zero-order valence-electron chi connectivity index (χ0n) is 22.2. The molecule has 0 bridgehead atoms. The molecule has 205 valence electrons. The van der Waals surface area contributed by atoms with E-state index < -0.39 is 22.1 Å². The second-order valence-electron chi connectivity index (χ2n) is 9.45. The van der Waals surface area contributed by atoms with Crippen LogP contribution in [0, 0.1) is 44.4 Å². The summed E-state index contributed by atoms with van der Waals surface area (Å²) in [5, 5.41) is 5.05. The summed E-state index contributed by atoms with van der Waals surface area (Å²) in [6.07, 6.45) is 11.6. The Kier molecular flexibility index (Phi) is 14.4. The van der Waals surface area contributed by atoms with Gasteiger partial charge in [0.2, 0.25) is 0 Å². The molecule has 1 fully saturated rings. The molecule has 7 radical (unpaired) electrons. The first-order valence-corrected chi connectivity index (χ1v) is 14.2. The first kappa shape index (κ1) is 33.6. The fourth-order valence-electron chi connectivity index (χ4n) is 4.34. The molecule has 0 aromatic heterocycles. The third-order valence-electron chi connectivity index (χ3n) is 6.47. The van der Waals surface area contributed by atoms with Crippen LogP contribution in [-0.4, -0.2) is 15.0 Å². The van der Waals surface area contributed by atoms with Gasteiger partial charge in [0.25, 0.3) is 0 Å². The van der Waals surface area contributed by atoms with Crippen molar-refractivity contribution < 1.29 is 40.3 Å². The minimum Gasteiger partial charge on any atom is -1.00 e. The van der Waals surface area contributed by atoms with E-state index in [0.717, 1.165) is 36.0 Å². The Balaban J connectivity index is 0.00000267. The summed E-state index contributed by atoms with van der Waals surface area (Å²) in [5.41, 5.74) is 2.79. The molecule has 1 aliphatic rings. The first-order chi connectivity index (χ1) is 17.9. The van der Waals surface area contributed by atoms with E-state index in [1.54, 1.807) is 24.3 Å². The second-order valence-corrected chi connectivity index (χ2v) is 11.1. The van der Waals surface area contributed by atoms with Crippen molar-refractivity contribution in [3.05, 3.63) is 149 Å². The van der Waals surface area contributed by atoms with Gasteiger partial charge in [0, 0.05) is 4.90 Å². The van der Waals surface area contributed by atoms with Gasteiger partial charge in [-0.25, -0.2) is 8.42 Å². The molecule has 1 saturated carbocycles. The monoisotopic (exact) mass is 647 g/mol. The van der Waals surface area contributed by atoms with Gasteiger partial charge in [0.1, 0.15) is 10.0 Å². The zero-order valence-corrected chi connectivity index (χ0v) is 25.5. The molecular weight excluding hydrogens is 613 g/mol. The molecule has 3 aromatic carbocycles. The molecule has 39 heavy (non-hydrogen) atoms. The maximum absolute atomic E-state index is 13.4. The van der Waals surface area contributed by atoms with Crippen LogP contribution < -0.4 is 12.4 Å². The Bertz CT molecular complexity index is 1190. The van der Waals surface area contributed by atoms with Crippen LogP contribution >= 0.6 is 0 Å². The van der Waals surface area contributed by atoms with Gasteiger partial charge in [-0.15, -0.1) is 18.6 Å².